The van der Waals surface area contributed by atoms with E-state index in [1.54, 1.807) is 12.3 Å². The fourth-order valence-corrected chi connectivity index (χ4v) is 3.02. The number of hydrogen-bond donors (Lipinski definition) is 2. The van der Waals surface area contributed by atoms with Crippen LogP contribution in [0.1, 0.15) is 23.0 Å². The van der Waals surface area contributed by atoms with Gasteiger partial charge in [-0.1, -0.05) is 0 Å². The van der Waals surface area contributed by atoms with E-state index in [0.717, 1.165) is 18.8 Å². The molecule has 5 nitrogen and oxygen atoms in total. The summed E-state index contributed by atoms with van der Waals surface area (Å²) in [5.74, 6) is 7.12. The number of nitrogens with zero attached hydrogens (tertiary/aromatic N) is 2. The first-order valence-electron chi connectivity index (χ1n) is 5.98. The first-order valence-corrected chi connectivity index (χ1v) is 7.14. The van der Waals surface area contributed by atoms with Crippen molar-refractivity contribution in [3.8, 4) is 0 Å². The highest BCUT2D eigenvalue weighted by Crippen LogP contribution is 2.17. The second kappa shape index (κ2) is 6.17. The highest BCUT2D eigenvalue weighted by molar-refractivity contribution is 7.99. The Morgan fingerprint density at radius 2 is 2.50 bits per heavy atom. The Balaban J connectivity index is 1.99. The highest BCUT2D eigenvalue weighted by Gasteiger charge is 2.18. The van der Waals surface area contributed by atoms with Crippen molar-refractivity contribution in [2.45, 2.75) is 19.5 Å². The van der Waals surface area contributed by atoms with Crippen molar-refractivity contribution in [2.75, 3.05) is 18.1 Å². The van der Waals surface area contributed by atoms with Crippen LogP contribution >= 0.6 is 11.8 Å². The Labute approximate surface area is 111 Å². The molecule has 1 fully saturated rings. The van der Waals surface area contributed by atoms with Crippen molar-refractivity contribution in [3.05, 3.63) is 29.6 Å². The minimum absolute atomic E-state index is 0.309. The van der Waals surface area contributed by atoms with E-state index >= 15 is 0 Å². The molecule has 1 aromatic rings. The van der Waals surface area contributed by atoms with Crippen LogP contribution in [0.5, 0.6) is 0 Å². The Morgan fingerprint density at radius 3 is 3.11 bits per heavy atom. The van der Waals surface area contributed by atoms with Gasteiger partial charge in [-0.25, -0.2) is 5.84 Å². The predicted molar refractivity (Wildman–Crippen MR) is 73.1 cm³/mol. The number of hydrogen-bond acceptors (Lipinski definition) is 5. The van der Waals surface area contributed by atoms with Crippen LogP contribution in [-0.2, 0) is 6.54 Å². The first-order chi connectivity index (χ1) is 8.70. The summed E-state index contributed by atoms with van der Waals surface area (Å²) in [6, 6.07) is 4.23. The standard InChI is InChI=1S/C12H18N4OS/c1-9-8-18-5-4-16(9)7-11-3-2-10(6-14-11)12(17)15-13/h2-3,6,9H,4-5,7-8,13H2,1H3,(H,15,17). The molecule has 0 saturated carbocycles. The van der Waals surface area contributed by atoms with Gasteiger partial charge in [0.25, 0.3) is 5.91 Å². The predicted octanol–water partition coefficient (Wildman–Crippen LogP) is 0.622. The lowest BCUT2D eigenvalue weighted by atomic mass is 10.2. The van der Waals surface area contributed by atoms with E-state index in [1.807, 2.05) is 17.8 Å². The Hall–Kier alpha value is -1.11. The second-order valence-corrected chi connectivity index (χ2v) is 5.56. The lowest BCUT2D eigenvalue weighted by molar-refractivity contribution is 0.0953. The molecule has 1 saturated heterocycles. The van der Waals surface area contributed by atoms with Crippen LogP contribution in [0.15, 0.2) is 18.3 Å². The van der Waals surface area contributed by atoms with Crippen molar-refractivity contribution in [3.63, 3.8) is 0 Å². The highest BCUT2D eigenvalue weighted by atomic mass is 32.2. The fourth-order valence-electron chi connectivity index (χ4n) is 1.94. The molecule has 1 aromatic heterocycles. The van der Waals surface area contributed by atoms with E-state index in [2.05, 4.69) is 22.2 Å². The number of carbonyl (C=O) groups excluding carboxylic acids is 1. The summed E-state index contributed by atoms with van der Waals surface area (Å²) in [6.45, 7) is 4.17. The zero-order chi connectivity index (χ0) is 13.0. The van der Waals surface area contributed by atoms with Crippen molar-refractivity contribution >= 4 is 17.7 Å². The monoisotopic (exact) mass is 266 g/mol. The molecule has 1 unspecified atom stereocenters. The Kier molecular flexibility index (Phi) is 4.57. The molecule has 0 aromatic carbocycles. The third-order valence-electron chi connectivity index (χ3n) is 3.09. The zero-order valence-corrected chi connectivity index (χ0v) is 11.2. The summed E-state index contributed by atoms with van der Waals surface area (Å²) < 4.78 is 0. The first kappa shape index (κ1) is 13.3. The quantitative estimate of drug-likeness (QED) is 0.477. The molecule has 1 aliphatic rings. The van der Waals surface area contributed by atoms with Crippen molar-refractivity contribution in [2.24, 2.45) is 5.84 Å². The molecular weight excluding hydrogens is 248 g/mol. The molecule has 1 aliphatic heterocycles. The summed E-state index contributed by atoms with van der Waals surface area (Å²) in [5, 5.41) is 0. The lowest BCUT2D eigenvalue weighted by Gasteiger charge is -2.32. The summed E-state index contributed by atoms with van der Waals surface area (Å²) in [6.07, 6.45) is 1.57. The molecule has 1 atom stereocenters. The van der Waals surface area contributed by atoms with Crippen molar-refractivity contribution in [1.82, 2.24) is 15.3 Å². The number of nitrogen functional groups attached to an aromatic ring is 1. The zero-order valence-electron chi connectivity index (χ0n) is 10.4. The molecule has 98 valence electrons. The average molecular weight is 266 g/mol. The maximum Gasteiger partial charge on any atom is 0.266 e. The third kappa shape index (κ3) is 3.22. The molecule has 2 rings (SSSR count). The maximum atomic E-state index is 11.3. The molecule has 0 spiro atoms. The van der Waals surface area contributed by atoms with Gasteiger partial charge in [-0.2, -0.15) is 11.8 Å². The van der Waals surface area contributed by atoms with Crippen LogP contribution in [-0.4, -0.2) is 39.9 Å². The molecule has 3 N–H and O–H groups in total. The van der Waals surface area contributed by atoms with Gasteiger partial charge in [0.2, 0.25) is 0 Å². The van der Waals surface area contributed by atoms with Crippen LogP contribution < -0.4 is 11.3 Å². The number of hydrazine groups is 1. The topological polar surface area (TPSA) is 71.2 Å². The van der Waals surface area contributed by atoms with Gasteiger partial charge in [-0.3, -0.25) is 20.1 Å². The van der Waals surface area contributed by atoms with Gasteiger partial charge in [0.05, 0.1) is 11.3 Å². The fraction of sp³-hybridized carbons (Fsp3) is 0.500. The summed E-state index contributed by atoms with van der Waals surface area (Å²) in [5.41, 5.74) is 3.57. The van der Waals surface area contributed by atoms with Crippen LogP contribution in [0, 0.1) is 0 Å². The van der Waals surface area contributed by atoms with Gasteiger partial charge < -0.3 is 0 Å². The minimum atomic E-state index is -0.309. The molecule has 6 heteroatoms. The lowest BCUT2D eigenvalue weighted by Crippen LogP contribution is -2.39. The van der Waals surface area contributed by atoms with E-state index in [9.17, 15) is 4.79 Å². The Bertz CT molecular complexity index is 409. The number of rotatable bonds is 3. The van der Waals surface area contributed by atoms with Crippen molar-refractivity contribution < 1.29 is 4.79 Å². The maximum absolute atomic E-state index is 11.3. The summed E-state index contributed by atoms with van der Waals surface area (Å²) in [4.78, 5) is 18.0. The molecular formula is C12H18N4OS. The number of nitrogens with one attached hydrogen (secondary N) is 1. The van der Waals surface area contributed by atoms with Gasteiger partial charge in [0, 0.05) is 36.8 Å². The average Bonchev–Trinajstić information content (AvgIpc) is 2.41. The van der Waals surface area contributed by atoms with Gasteiger partial charge >= 0.3 is 0 Å². The van der Waals surface area contributed by atoms with E-state index in [1.165, 1.54) is 11.5 Å². The largest absolute Gasteiger partial charge is 0.293 e. The van der Waals surface area contributed by atoms with Gasteiger partial charge in [-0.05, 0) is 19.1 Å². The second-order valence-electron chi connectivity index (χ2n) is 4.41. The van der Waals surface area contributed by atoms with Gasteiger partial charge in [0.1, 0.15) is 0 Å². The van der Waals surface area contributed by atoms with Crippen LogP contribution in [0.25, 0.3) is 0 Å². The molecule has 0 aliphatic carbocycles. The smallest absolute Gasteiger partial charge is 0.266 e. The van der Waals surface area contributed by atoms with Crippen LogP contribution in [0.2, 0.25) is 0 Å². The minimum Gasteiger partial charge on any atom is -0.293 e. The molecule has 0 radical (unpaired) electrons. The Morgan fingerprint density at radius 1 is 1.67 bits per heavy atom. The third-order valence-corrected chi connectivity index (χ3v) is 4.28. The van der Waals surface area contributed by atoms with Crippen LogP contribution in [0.3, 0.4) is 0 Å². The summed E-state index contributed by atoms with van der Waals surface area (Å²) in [7, 11) is 0. The van der Waals surface area contributed by atoms with E-state index in [-0.39, 0.29) is 5.91 Å². The SMILES string of the molecule is CC1CSCCN1Cc1ccc(C(=O)NN)cn1. The molecule has 1 amide bonds. The van der Waals surface area contributed by atoms with Gasteiger partial charge in [0.15, 0.2) is 0 Å². The number of amides is 1. The molecule has 0 bridgehead atoms. The van der Waals surface area contributed by atoms with E-state index in [4.69, 9.17) is 5.84 Å². The number of carbonyl (C=O) groups is 1. The number of aromatic nitrogens is 1. The number of nitrogens with two attached hydrogens (primary N) is 1. The van der Waals surface area contributed by atoms with Gasteiger partial charge in [-0.15, -0.1) is 0 Å². The molecule has 2 heterocycles. The van der Waals surface area contributed by atoms with E-state index in [0.29, 0.717) is 11.6 Å². The van der Waals surface area contributed by atoms with E-state index < -0.39 is 0 Å². The normalized spacial score (nSPS) is 20.7. The number of thioether (sulfide) groups is 1. The van der Waals surface area contributed by atoms with Crippen LogP contribution in [0.4, 0.5) is 0 Å². The number of pyridine rings is 1. The summed E-state index contributed by atoms with van der Waals surface area (Å²) >= 11 is 2.00. The molecule has 18 heavy (non-hydrogen) atoms. The van der Waals surface area contributed by atoms with Crippen molar-refractivity contribution in [1.29, 1.82) is 0 Å².